The van der Waals surface area contributed by atoms with Crippen LogP contribution < -0.4 is 10.4 Å². The summed E-state index contributed by atoms with van der Waals surface area (Å²) in [5.74, 6) is 0.689. The molecule has 2 heterocycles. The average Bonchev–Trinajstić information content (AvgIpc) is 3.00. The van der Waals surface area contributed by atoms with Crippen LogP contribution in [0.4, 0.5) is 0 Å². The summed E-state index contributed by atoms with van der Waals surface area (Å²) in [6.07, 6.45) is 2.59. The van der Waals surface area contributed by atoms with Crippen LogP contribution in [0.1, 0.15) is 49.0 Å². The van der Waals surface area contributed by atoms with Gasteiger partial charge in [0.15, 0.2) is 6.10 Å². The van der Waals surface area contributed by atoms with Gasteiger partial charge in [0.05, 0.1) is 18.2 Å². The number of benzene rings is 1. The van der Waals surface area contributed by atoms with E-state index < -0.39 is 0 Å². The molecule has 0 saturated heterocycles. The van der Waals surface area contributed by atoms with Crippen molar-refractivity contribution in [3.05, 3.63) is 39.2 Å². The largest absolute Gasteiger partial charge is 0.496 e. The molecule has 3 rings (SSSR count). The number of methoxy groups -OCH3 is 1. The van der Waals surface area contributed by atoms with Crippen molar-refractivity contribution >= 4 is 16.7 Å². The molecule has 1 aromatic heterocycles. The highest BCUT2D eigenvalue weighted by atomic mass is 16.6. The Bertz CT molecular complexity index is 835. The zero-order valence-electron chi connectivity index (χ0n) is 13.9. The molecule has 1 aliphatic rings. The van der Waals surface area contributed by atoms with Gasteiger partial charge in [0.1, 0.15) is 11.3 Å². The molecule has 0 amide bonds. The lowest BCUT2D eigenvalue weighted by Crippen LogP contribution is -2.07. The van der Waals surface area contributed by atoms with Crippen molar-refractivity contribution in [2.75, 3.05) is 7.11 Å². The first kappa shape index (κ1) is 15.6. The topological polar surface area (TPSA) is 61.0 Å². The second kappa shape index (κ2) is 6.07. The maximum atomic E-state index is 12.0. The Labute approximate surface area is 134 Å². The molecular formula is C18H21NO4. The quantitative estimate of drug-likeness (QED) is 0.799. The smallest absolute Gasteiger partial charge is 0.339 e. The summed E-state index contributed by atoms with van der Waals surface area (Å²) < 4.78 is 11.0. The van der Waals surface area contributed by atoms with Gasteiger partial charge in [0, 0.05) is 17.5 Å². The van der Waals surface area contributed by atoms with E-state index in [-0.39, 0.29) is 11.7 Å². The number of hydrogen-bond donors (Lipinski definition) is 0. The van der Waals surface area contributed by atoms with E-state index in [0.717, 1.165) is 41.5 Å². The number of rotatable bonds is 4. The first-order valence-corrected chi connectivity index (χ1v) is 7.88. The van der Waals surface area contributed by atoms with Crippen molar-refractivity contribution in [3.63, 3.8) is 0 Å². The van der Waals surface area contributed by atoms with Crippen LogP contribution >= 0.6 is 0 Å². The molecule has 1 atom stereocenters. The maximum absolute atomic E-state index is 12.0. The maximum Gasteiger partial charge on any atom is 0.339 e. The fourth-order valence-electron chi connectivity index (χ4n) is 2.97. The van der Waals surface area contributed by atoms with Gasteiger partial charge in [-0.1, -0.05) is 18.5 Å². The Balaban J connectivity index is 2.08. The van der Waals surface area contributed by atoms with Gasteiger partial charge in [-0.15, -0.1) is 0 Å². The van der Waals surface area contributed by atoms with Crippen LogP contribution in [0.2, 0.25) is 0 Å². The second-order valence-electron chi connectivity index (χ2n) is 5.94. The van der Waals surface area contributed by atoms with Crippen molar-refractivity contribution < 1.29 is 14.0 Å². The molecule has 0 spiro atoms. The van der Waals surface area contributed by atoms with Crippen LogP contribution in [-0.2, 0) is 4.84 Å². The van der Waals surface area contributed by atoms with E-state index in [2.05, 4.69) is 12.1 Å². The Morgan fingerprint density at radius 1 is 1.30 bits per heavy atom. The summed E-state index contributed by atoms with van der Waals surface area (Å²) in [6.45, 7) is 5.79. The highest BCUT2D eigenvalue weighted by Gasteiger charge is 2.24. The van der Waals surface area contributed by atoms with E-state index in [1.807, 2.05) is 19.1 Å². The lowest BCUT2D eigenvalue weighted by molar-refractivity contribution is 0.0856. The van der Waals surface area contributed by atoms with Crippen LogP contribution in [0.5, 0.6) is 5.75 Å². The number of hydrogen-bond acceptors (Lipinski definition) is 5. The van der Waals surface area contributed by atoms with Crippen LogP contribution in [0.15, 0.2) is 26.5 Å². The molecule has 23 heavy (non-hydrogen) atoms. The molecule has 5 heteroatoms. The Hall–Kier alpha value is -2.30. The Morgan fingerprint density at radius 3 is 2.78 bits per heavy atom. The minimum absolute atomic E-state index is 0.151. The molecule has 0 N–H and O–H groups in total. The molecule has 2 aromatic rings. The van der Waals surface area contributed by atoms with Gasteiger partial charge in [0.25, 0.3) is 0 Å². The zero-order chi connectivity index (χ0) is 16.6. The minimum atomic E-state index is -0.315. The zero-order valence-corrected chi connectivity index (χ0v) is 13.9. The molecule has 0 fully saturated rings. The van der Waals surface area contributed by atoms with E-state index in [0.29, 0.717) is 16.9 Å². The number of nitrogens with zero attached hydrogens (tertiary/aromatic N) is 1. The summed E-state index contributed by atoms with van der Waals surface area (Å²) in [5.41, 5.74) is 3.68. The Kier molecular flexibility index (Phi) is 4.11. The third-order valence-corrected chi connectivity index (χ3v) is 4.40. The van der Waals surface area contributed by atoms with Crippen molar-refractivity contribution in [1.29, 1.82) is 0 Å². The lowest BCUT2D eigenvalue weighted by Gasteiger charge is -2.14. The van der Waals surface area contributed by atoms with E-state index in [1.165, 1.54) is 0 Å². The van der Waals surface area contributed by atoms with Gasteiger partial charge in [-0.25, -0.2) is 4.79 Å². The van der Waals surface area contributed by atoms with Crippen molar-refractivity contribution in [2.45, 2.75) is 46.1 Å². The third kappa shape index (κ3) is 2.71. The predicted octanol–water partition coefficient (Wildman–Crippen LogP) is 4.04. The SMILES string of the molecule is CCCC1=NOC(c2cc(OC)c3c(C)c(C)c(=O)oc3c2)C1. The van der Waals surface area contributed by atoms with Crippen LogP contribution in [-0.4, -0.2) is 12.8 Å². The molecule has 0 saturated carbocycles. The van der Waals surface area contributed by atoms with E-state index in [9.17, 15) is 4.79 Å². The lowest BCUT2D eigenvalue weighted by atomic mass is 9.98. The summed E-state index contributed by atoms with van der Waals surface area (Å²) >= 11 is 0. The van der Waals surface area contributed by atoms with Gasteiger partial charge in [-0.05, 0) is 38.0 Å². The summed E-state index contributed by atoms with van der Waals surface area (Å²) in [4.78, 5) is 17.5. The van der Waals surface area contributed by atoms with Crippen molar-refractivity contribution in [1.82, 2.24) is 0 Å². The fourth-order valence-corrected chi connectivity index (χ4v) is 2.97. The molecule has 0 bridgehead atoms. The molecule has 1 aromatic carbocycles. The summed E-state index contributed by atoms with van der Waals surface area (Å²) in [5, 5.41) is 4.99. The molecule has 5 nitrogen and oxygen atoms in total. The van der Waals surface area contributed by atoms with E-state index in [4.69, 9.17) is 14.0 Å². The number of fused-ring (bicyclic) bond motifs is 1. The van der Waals surface area contributed by atoms with E-state index >= 15 is 0 Å². The van der Waals surface area contributed by atoms with Gasteiger partial charge < -0.3 is 14.0 Å². The first-order chi connectivity index (χ1) is 11.0. The number of oxime groups is 1. The molecule has 1 unspecified atom stereocenters. The van der Waals surface area contributed by atoms with Crippen molar-refractivity contribution in [3.8, 4) is 5.75 Å². The summed E-state index contributed by atoms with van der Waals surface area (Å²) in [7, 11) is 1.62. The highest BCUT2D eigenvalue weighted by Crippen LogP contribution is 2.36. The molecule has 122 valence electrons. The van der Waals surface area contributed by atoms with Crippen LogP contribution in [0, 0.1) is 13.8 Å². The first-order valence-electron chi connectivity index (χ1n) is 7.88. The third-order valence-electron chi connectivity index (χ3n) is 4.40. The molecule has 0 aliphatic carbocycles. The predicted molar refractivity (Wildman–Crippen MR) is 89.3 cm³/mol. The number of aryl methyl sites for hydroxylation is 1. The summed E-state index contributed by atoms with van der Waals surface area (Å²) in [6, 6.07) is 3.81. The molecule has 1 aliphatic heterocycles. The second-order valence-corrected chi connectivity index (χ2v) is 5.94. The van der Waals surface area contributed by atoms with Crippen molar-refractivity contribution in [2.24, 2.45) is 5.16 Å². The average molecular weight is 315 g/mol. The molecule has 0 radical (unpaired) electrons. The normalized spacial score (nSPS) is 17.2. The molecular weight excluding hydrogens is 294 g/mol. The Morgan fingerprint density at radius 2 is 2.09 bits per heavy atom. The standard InChI is InChI=1S/C18H21NO4/c1-5-6-13-9-14(23-19-13)12-7-15(21-4)17-10(2)11(3)18(20)22-16(17)8-12/h7-8,14H,5-6,9H2,1-4H3. The van der Waals surface area contributed by atoms with Crippen LogP contribution in [0.3, 0.4) is 0 Å². The number of ether oxygens (including phenoxy) is 1. The van der Waals surface area contributed by atoms with Crippen LogP contribution in [0.25, 0.3) is 11.0 Å². The fraction of sp³-hybridized carbons (Fsp3) is 0.444. The monoisotopic (exact) mass is 315 g/mol. The van der Waals surface area contributed by atoms with Gasteiger partial charge >= 0.3 is 5.63 Å². The minimum Gasteiger partial charge on any atom is -0.496 e. The van der Waals surface area contributed by atoms with E-state index in [1.54, 1.807) is 14.0 Å². The highest BCUT2D eigenvalue weighted by molar-refractivity contribution is 5.89. The van der Waals surface area contributed by atoms with Gasteiger partial charge in [-0.2, -0.15) is 0 Å². The van der Waals surface area contributed by atoms with Gasteiger partial charge in [0.2, 0.25) is 0 Å². The van der Waals surface area contributed by atoms with Gasteiger partial charge in [-0.3, -0.25) is 0 Å².